The van der Waals surface area contributed by atoms with Gasteiger partial charge in [-0.25, -0.2) is 4.79 Å². The van der Waals surface area contributed by atoms with Gasteiger partial charge in [-0.15, -0.1) is 0 Å². The van der Waals surface area contributed by atoms with Gasteiger partial charge in [0.2, 0.25) is 23.6 Å². The van der Waals surface area contributed by atoms with Crippen molar-refractivity contribution in [3.63, 3.8) is 0 Å². The molecular weight excluding hydrogens is 674 g/mol. The van der Waals surface area contributed by atoms with Crippen LogP contribution in [0.25, 0.3) is 0 Å². The number of non-ortho nitro benzene ring substituents is 1. The standard InChI is InChI=1S/C35H43N9O8/c1-22(39-30(45)23(2)40-35(49)52-21-25-12-7-4-8-13-25)31(46)42-28(14-9-19-38-34(36)37)32(47)43-29(20-24-10-5-3-6-11-24)33(48)41-26-15-17-27(18-16-26)44(50)51/h3-8,10-13,15-18,22-23,28-29H,9,14,19-21H2,1-2H3,(H,39,45)(H,40,49)(H,41,48)(H,42,46)(H,43,47)(H4,36,37,38)/t22-,23-,28-,29-/m0/s1. The molecule has 0 radical (unpaired) electrons. The van der Waals surface area contributed by atoms with E-state index in [0.717, 1.165) is 11.1 Å². The minimum Gasteiger partial charge on any atom is -0.445 e. The van der Waals surface area contributed by atoms with E-state index in [9.17, 15) is 34.1 Å². The number of anilines is 1. The van der Waals surface area contributed by atoms with Crippen molar-refractivity contribution in [1.29, 1.82) is 0 Å². The number of benzene rings is 3. The number of nitrogens with zero attached hydrogens (tertiary/aromatic N) is 2. The Morgan fingerprint density at radius 3 is 1.88 bits per heavy atom. The van der Waals surface area contributed by atoms with Gasteiger partial charge in [0.1, 0.15) is 30.8 Å². The lowest BCUT2D eigenvalue weighted by molar-refractivity contribution is -0.384. The number of nitrogens with two attached hydrogens (primary N) is 2. The van der Waals surface area contributed by atoms with Crippen molar-refractivity contribution >= 4 is 47.1 Å². The molecule has 0 bridgehead atoms. The summed E-state index contributed by atoms with van der Waals surface area (Å²) in [5.41, 5.74) is 12.4. The maximum Gasteiger partial charge on any atom is 0.408 e. The van der Waals surface area contributed by atoms with E-state index in [2.05, 4.69) is 31.6 Å². The Kier molecular flexibility index (Phi) is 15.5. The molecule has 0 unspecified atom stereocenters. The van der Waals surface area contributed by atoms with E-state index in [1.807, 2.05) is 6.07 Å². The molecule has 9 N–H and O–H groups in total. The SMILES string of the molecule is C[C@H](NC(=O)OCc1ccccc1)C(=O)N[C@@H](C)C(=O)N[C@@H](CCCN=C(N)N)C(=O)N[C@@H](Cc1ccccc1)C(=O)Nc1ccc([N+](=O)[O-])cc1. The fraction of sp³-hybridized carbons (Fsp3) is 0.314. The van der Waals surface area contributed by atoms with Gasteiger partial charge in [-0.3, -0.25) is 34.3 Å². The predicted octanol–water partition coefficient (Wildman–Crippen LogP) is 1.62. The molecule has 52 heavy (non-hydrogen) atoms. The number of carbonyl (C=O) groups excluding carboxylic acids is 5. The maximum absolute atomic E-state index is 13.7. The smallest absolute Gasteiger partial charge is 0.408 e. The lowest BCUT2D eigenvalue weighted by Gasteiger charge is -2.25. The van der Waals surface area contributed by atoms with Gasteiger partial charge in [-0.1, -0.05) is 60.7 Å². The Bertz CT molecular complexity index is 1700. The van der Waals surface area contributed by atoms with Gasteiger partial charge in [-0.05, 0) is 49.9 Å². The molecule has 0 saturated heterocycles. The molecule has 3 aromatic carbocycles. The van der Waals surface area contributed by atoms with Crippen LogP contribution in [0.1, 0.15) is 37.8 Å². The molecule has 5 amide bonds. The minimum absolute atomic E-state index is 0.00261. The zero-order valence-electron chi connectivity index (χ0n) is 28.7. The number of guanidine groups is 1. The third-order valence-corrected chi connectivity index (χ3v) is 7.53. The molecule has 3 rings (SSSR count). The van der Waals surface area contributed by atoms with Crippen molar-refractivity contribution in [3.05, 3.63) is 106 Å². The molecule has 0 heterocycles. The predicted molar refractivity (Wildman–Crippen MR) is 192 cm³/mol. The summed E-state index contributed by atoms with van der Waals surface area (Å²) in [4.78, 5) is 79.8. The molecule has 0 fully saturated rings. The van der Waals surface area contributed by atoms with E-state index in [-0.39, 0.29) is 49.7 Å². The first-order valence-corrected chi connectivity index (χ1v) is 16.3. The van der Waals surface area contributed by atoms with Gasteiger partial charge in [0, 0.05) is 30.8 Å². The quantitative estimate of drug-likeness (QED) is 0.0329. The molecule has 4 atom stereocenters. The van der Waals surface area contributed by atoms with Crippen LogP contribution in [0, 0.1) is 10.1 Å². The van der Waals surface area contributed by atoms with Crippen molar-refractivity contribution in [3.8, 4) is 0 Å². The van der Waals surface area contributed by atoms with E-state index in [1.54, 1.807) is 54.6 Å². The number of alkyl carbamates (subject to hydrolysis) is 1. The molecular formula is C35H43N9O8. The van der Waals surface area contributed by atoms with Crippen molar-refractivity contribution < 1.29 is 33.6 Å². The zero-order chi connectivity index (χ0) is 38.0. The number of hydrogen-bond donors (Lipinski definition) is 7. The molecule has 17 heteroatoms. The first kappa shape index (κ1) is 39.9. The summed E-state index contributed by atoms with van der Waals surface area (Å²) in [6.07, 6.45) is -0.432. The molecule has 276 valence electrons. The van der Waals surface area contributed by atoms with Crippen LogP contribution < -0.4 is 38.1 Å². The highest BCUT2D eigenvalue weighted by Gasteiger charge is 2.29. The second-order valence-electron chi connectivity index (χ2n) is 11.7. The highest BCUT2D eigenvalue weighted by molar-refractivity contribution is 5.99. The maximum atomic E-state index is 13.7. The first-order valence-electron chi connectivity index (χ1n) is 16.3. The Morgan fingerprint density at radius 2 is 1.29 bits per heavy atom. The molecule has 0 aromatic heterocycles. The van der Waals surface area contributed by atoms with E-state index in [4.69, 9.17) is 16.2 Å². The fourth-order valence-corrected chi connectivity index (χ4v) is 4.71. The Hall–Kier alpha value is -6.52. The summed E-state index contributed by atoms with van der Waals surface area (Å²) < 4.78 is 5.14. The number of hydrogen-bond acceptors (Lipinski definition) is 9. The van der Waals surface area contributed by atoms with Gasteiger partial charge in [-0.2, -0.15) is 0 Å². The lowest BCUT2D eigenvalue weighted by atomic mass is 10.0. The van der Waals surface area contributed by atoms with Crippen LogP contribution >= 0.6 is 0 Å². The van der Waals surface area contributed by atoms with E-state index >= 15 is 0 Å². The molecule has 0 aliphatic heterocycles. The normalized spacial score (nSPS) is 12.8. The third kappa shape index (κ3) is 13.8. The molecule has 0 aliphatic carbocycles. The van der Waals surface area contributed by atoms with Crippen LogP contribution in [0.5, 0.6) is 0 Å². The number of aliphatic imine (C=N–C) groups is 1. The van der Waals surface area contributed by atoms with Gasteiger partial charge >= 0.3 is 6.09 Å². The van der Waals surface area contributed by atoms with Gasteiger partial charge in [0.25, 0.3) is 5.69 Å². The average Bonchev–Trinajstić information content (AvgIpc) is 3.12. The van der Waals surface area contributed by atoms with Gasteiger partial charge in [0.15, 0.2) is 5.96 Å². The number of carbonyl (C=O) groups is 5. The van der Waals surface area contributed by atoms with Gasteiger partial charge < -0.3 is 42.8 Å². The van der Waals surface area contributed by atoms with Crippen LogP contribution in [0.2, 0.25) is 0 Å². The largest absolute Gasteiger partial charge is 0.445 e. The summed E-state index contributed by atoms with van der Waals surface area (Å²) >= 11 is 0. The van der Waals surface area contributed by atoms with Crippen LogP contribution in [0.4, 0.5) is 16.2 Å². The number of amides is 5. The third-order valence-electron chi connectivity index (χ3n) is 7.53. The Labute approximate surface area is 300 Å². The fourth-order valence-electron chi connectivity index (χ4n) is 4.71. The Balaban J connectivity index is 1.68. The van der Waals surface area contributed by atoms with Crippen molar-refractivity contribution in [2.45, 2.75) is 63.9 Å². The highest BCUT2D eigenvalue weighted by Crippen LogP contribution is 2.16. The molecule has 0 spiro atoms. The van der Waals surface area contributed by atoms with Crippen LogP contribution in [0.3, 0.4) is 0 Å². The summed E-state index contributed by atoms with van der Waals surface area (Å²) in [7, 11) is 0. The number of nitrogens with one attached hydrogen (secondary N) is 5. The minimum atomic E-state index is -1.19. The van der Waals surface area contributed by atoms with Crippen molar-refractivity contribution in [1.82, 2.24) is 21.3 Å². The van der Waals surface area contributed by atoms with Gasteiger partial charge in [0.05, 0.1) is 4.92 Å². The van der Waals surface area contributed by atoms with Crippen LogP contribution in [0.15, 0.2) is 89.9 Å². The second kappa shape index (κ2) is 20.2. The van der Waals surface area contributed by atoms with Crippen LogP contribution in [-0.2, 0) is 36.9 Å². The first-order chi connectivity index (χ1) is 24.8. The molecule has 17 nitrogen and oxygen atoms in total. The van der Waals surface area contributed by atoms with E-state index in [1.165, 1.54) is 38.1 Å². The summed E-state index contributed by atoms with van der Waals surface area (Å²) in [6.45, 7) is 2.96. The monoisotopic (exact) mass is 717 g/mol. The highest BCUT2D eigenvalue weighted by atomic mass is 16.6. The summed E-state index contributed by atoms with van der Waals surface area (Å²) in [5, 5.41) is 23.9. The summed E-state index contributed by atoms with van der Waals surface area (Å²) in [6, 6.07) is 18.5. The topological polar surface area (TPSA) is 262 Å². The molecule has 0 aliphatic rings. The number of nitro groups is 1. The number of rotatable bonds is 18. The van der Waals surface area contributed by atoms with Crippen LogP contribution in [-0.4, -0.2) is 71.3 Å². The van der Waals surface area contributed by atoms with E-state index in [0.29, 0.717) is 0 Å². The second-order valence-corrected chi connectivity index (χ2v) is 11.7. The Morgan fingerprint density at radius 1 is 0.731 bits per heavy atom. The van der Waals surface area contributed by atoms with Crippen molar-refractivity contribution in [2.24, 2.45) is 16.5 Å². The molecule has 3 aromatic rings. The summed E-state index contributed by atoms with van der Waals surface area (Å²) in [5.74, 6) is -2.87. The molecule has 0 saturated carbocycles. The lowest BCUT2D eigenvalue weighted by Crippen LogP contribution is -2.57. The number of ether oxygens (including phenoxy) is 1. The number of nitro benzene ring substituents is 1. The van der Waals surface area contributed by atoms with Crippen molar-refractivity contribution in [2.75, 3.05) is 11.9 Å². The zero-order valence-corrected chi connectivity index (χ0v) is 28.7. The average molecular weight is 718 g/mol. The van der Waals surface area contributed by atoms with E-state index < -0.39 is 58.8 Å².